The van der Waals surface area contributed by atoms with Crippen LogP contribution in [-0.4, -0.2) is 6.54 Å². The van der Waals surface area contributed by atoms with E-state index in [0.29, 0.717) is 0 Å². The summed E-state index contributed by atoms with van der Waals surface area (Å²) in [6.45, 7) is 1.70. The third kappa shape index (κ3) is 4.09. The van der Waals surface area contributed by atoms with Crippen LogP contribution in [0.5, 0.6) is 0 Å². The minimum absolute atomic E-state index is 0.753. The van der Waals surface area contributed by atoms with Crippen LogP contribution in [0.1, 0.15) is 11.3 Å². The minimum Gasteiger partial charge on any atom is -0.460 e. The maximum Gasteiger partial charge on any atom is 0.134 e. The zero-order chi connectivity index (χ0) is 15.2. The molecule has 3 heteroatoms. The highest BCUT2D eigenvalue weighted by atomic mass is 79.9. The molecule has 0 radical (unpaired) electrons. The van der Waals surface area contributed by atoms with Crippen molar-refractivity contribution in [3.63, 3.8) is 0 Å². The summed E-state index contributed by atoms with van der Waals surface area (Å²) in [5, 5.41) is 3.42. The van der Waals surface area contributed by atoms with Gasteiger partial charge in [-0.05, 0) is 42.8 Å². The molecule has 0 atom stereocenters. The van der Waals surface area contributed by atoms with E-state index in [1.807, 2.05) is 30.3 Å². The summed E-state index contributed by atoms with van der Waals surface area (Å²) in [6, 6.07) is 22.7. The van der Waals surface area contributed by atoms with E-state index in [-0.39, 0.29) is 0 Å². The molecule has 0 aliphatic carbocycles. The minimum atomic E-state index is 0.753. The average molecular weight is 356 g/mol. The van der Waals surface area contributed by atoms with Crippen molar-refractivity contribution >= 4 is 15.9 Å². The Labute approximate surface area is 139 Å². The van der Waals surface area contributed by atoms with Crippen molar-refractivity contribution < 1.29 is 4.42 Å². The van der Waals surface area contributed by atoms with Gasteiger partial charge in [-0.3, -0.25) is 0 Å². The SMILES string of the molecule is Brc1ccc(-c2ccc(CNCCc3ccccc3)o2)cc1. The number of hydrogen-bond acceptors (Lipinski definition) is 2. The van der Waals surface area contributed by atoms with E-state index in [4.69, 9.17) is 4.42 Å². The fourth-order valence-corrected chi connectivity index (χ4v) is 2.60. The van der Waals surface area contributed by atoms with Crippen LogP contribution >= 0.6 is 15.9 Å². The third-order valence-electron chi connectivity index (χ3n) is 3.52. The molecule has 0 saturated carbocycles. The molecule has 0 unspecified atom stereocenters. The van der Waals surface area contributed by atoms with E-state index in [2.05, 4.69) is 57.6 Å². The predicted molar refractivity (Wildman–Crippen MR) is 93.7 cm³/mol. The Morgan fingerprint density at radius 2 is 1.64 bits per heavy atom. The van der Waals surface area contributed by atoms with Crippen LogP contribution in [0.25, 0.3) is 11.3 Å². The zero-order valence-corrected chi connectivity index (χ0v) is 13.8. The van der Waals surface area contributed by atoms with Crippen molar-refractivity contribution in [2.75, 3.05) is 6.54 Å². The van der Waals surface area contributed by atoms with E-state index < -0.39 is 0 Å². The van der Waals surface area contributed by atoms with Gasteiger partial charge in [0, 0.05) is 10.0 Å². The number of halogens is 1. The summed E-state index contributed by atoms with van der Waals surface area (Å²) in [7, 11) is 0. The van der Waals surface area contributed by atoms with Crippen LogP contribution in [0.15, 0.2) is 75.6 Å². The molecule has 1 aromatic heterocycles. The van der Waals surface area contributed by atoms with E-state index in [0.717, 1.165) is 41.1 Å². The first-order valence-corrected chi connectivity index (χ1v) is 8.20. The van der Waals surface area contributed by atoms with Gasteiger partial charge in [0.05, 0.1) is 6.54 Å². The van der Waals surface area contributed by atoms with Crippen LogP contribution < -0.4 is 5.32 Å². The molecule has 3 rings (SSSR count). The van der Waals surface area contributed by atoms with Crippen molar-refractivity contribution in [1.82, 2.24) is 5.32 Å². The van der Waals surface area contributed by atoms with Crippen LogP contribution in [0.2, 0.25) is 0 Å². The highest BCUT2D eigenvalue weighted by molar-refractivity contribution is 9.10. The van der Waals surface area contributed by atoms with Gasteiger partial charge >= 0.3 is 0 Å². The third-order valence-corrected chi connectivity index (χ3v) is 4.05. The second-order valence-corrected chi connectivity index (χ2v) is 6.10. The monoisotopic (exact) mass is 355 g/mol. The lowest BCUT2D eigenvalue weighted by molar-refractivity contribution is 0.495. The summed E-state index contributed by atoms with van der Waals surface area (Å²) in [6.07, 6.45) is 1.03. The zero-order valence-electron chi connectivity index (χ0n) is 12.3. The standard InChI is InChI=1S/C19H18BrNO/c20-17-8-6-16(7-9-17)19-11-10-18(22-19)14-21-13-12-15-4-2-1-3-5-15/h1-11,21H,12-14H2. The van der Waals surface area contributed by atoms with Crippen molar-refractivity contribution in [2.45, 2.75) is 13.0 Å². The van der Waals surface area contributed by atoms with Gasteiger partial charge in [0.25, 0.3) is 0 Å². The largest absolute Gasteiger partial charge is 0.460 e. The maximum atomic E-state index is 5.88. The van der Waals surface area contributed by atoms with Gasteiger partial charge in [-0.2, -0.15) is 0 Å². The predicted octanol–water partition coefficient (Wildman–Crippen LogP) is 5.04. The number of rotatable bonds is 6. The van der Waals surface area contributed by atoms with E-state index in [9.17, 15) is 0 Å². The highest BCUT2D eigenvalue weighted by Gasteiger charge is 2.04. The normalized spacial score (nSPS) is 10.8. The smallest absolute Gasteiger partial charge is 0.134 e. The van der Waals surface area contributed by atoms with E-state index in [1.54, 1.807) is 0 Å². The summed E-state index contributed by atoms with van der Waals surface area (Å²) in [5.74, 6) is 1.87. The topological polar surface area (TPSA) is 25.2 Å². The molecular weight excluding hydrogens is 338 g/mol. The molecule has 3 aromatic rings. The summed E-state index contributed by atoms with van der Waals surface area (Å²) in [4.78, 5) is 0. The first-order chi connectivity index (χ1) is 10.8. The molecular formula is C19H18BrNO. The van der Waals surface area contributed by atoms with Crippen LogP contribution in [0, 0.1) is 0 Å². The van der Waals surface area contributed by atoms with Crippen molar-refractivity contribution in [3.8, 4) is 11.3 Å². The Hall–Kier alpha value is -1.84. The van der Waals surface area contributed by atoms with Crippen molar-refractivity contribution in [1.29, 1.82) is 0 Å². The quantitative estimate of drug-likeness (QED) is 0.626. The van der Waals surface area contributed by atoms with Gasteiger partial charge < -0.3 is 9.73 Å². The van der Waals surface area contributed by atoms with Crippen molar-refractivity contribution in [3.05, 3.63) is 82.5 Å². The molecule has 1 N–H and O–H groups in total. The van der Waals surface area contributed by atoms with Gasteiger partial charge in [0.15, 0.2) is 0 Å². The Kier molecular flexibility index (Phi) is 5.09. The molecule has 2 nitrogen and oxygen atoms in total. The van der Waals surface area contributed by atoms with Gasteiger partial charge in [-0.25, -0.2) is 0 Å². The molecule has 1 heterocycles. The molecule has 0 spiro atoms. The summed E-state index contributed by atoms with van der Waals surface area (Å²) in [5.41, 5.74) is 2.45. The highest BCUT2D eigenvalue weighted by Crippen LogP contribution is 2.23. The van der Waals surface area contributed by atoms with Gasteiger partial charge in [0.1, 0.15) is 11.5 Å². The molecule has 0 saturated heterocycles. The number of nitrogens with one attached hydrogen (secondary N) is 1. The summed E-state index contributed by atoms with van der Waals surface area (Å²) >= 11 is 3.44. The van der Waals surface area contributed by atoms with Crippen molar-refractivity contribution in [2.24, 2.45) is 0 Å². The summed E-state index contributed by atoms with van der Waals surface area (Å²) < 4.78 is 6.96. The second kappa shape index (κ2) is 7.43. The second-order valence-electron chi connectivity index (χ2n) is 5.19. The average Bonchev–Trinajstić information content (AvgIpc) is 3.02. The molecule has 0 aliphatic heterocycles. The number of furan rings is 1. The van der Waals surface area contributed by atoms with E-state index >= 15 is 0 Å². The first-order valence-electron chi connectivity index (χ1n) is 7.40. The van der Waals surface area contributed by atoms with Gasteiger partial charge in [-0.15, -0.1) is 0 Å². The first kappa shape index (κ1) is 15.1. The molecule has 0 amide bonds. The lowest BCUT2D eigenvalue weighted by atomic mass is 10.1. The number of hydrogen-bond donors (Lipinski definition) is 1. The molecule has 112 valence electrons. The van der Waals surface area contributed by atoms with Gasteiger partial charge in [0.2, 0.25) is 0 Å². The fraction of sp³-hybridized carbons (Fsp3) is 0.158. The van der Waals surface area contributed by atoms with Crippen LogP contribution in [0.4, 0.5) is 0 Å². The molecule has 0 fully saturated rings. The van der Waals surface area contributed by atoms with Gasteiger partial charge in [-0.1, -0.05) is 58.4 Å². The number of benzene rings is 2. The molecule has 0 aliphatic rings. The Morgan fingerprint density at radius 1 is 0.864 bits per heavy atom. The molecule has 2 aromatic carbocycles. The van der Waals surface area contributed by atoms with Crippen LogP contribution in [-0.2, 0) is 13.0 Å². The lowest BCUT2D eigenvalue weighted by Gasteiger charge is -2.03. The molecule has 0 bridgehead atoms. The Bertz CT molecular complexity index is 704. The molecule has 22 heavy (non-hydrogen) atoms. The maximum absolute atomic E-state index is 5.88. The fourth-order valence-electron chi connectivity index (χ4n) is 2.33. The Balaban J connectivity index is 1.50. The van der Waals surface area contributed by atoms with Crippen LogP contribution in [0.3, 0.4) is 0 Å². The lowest BCUT2D eigenvalue weighted by Crippen LogP contribution is -2.16. The van der Waals surface area contributed by atoms with E-state index in [1.165, 1.54) is 5.56 Å². The Morgan fingerprint density at radius 3 is 2.41 bits per heavy atom.